The Hall–Kier alpha value is -3.03. The standard InChI is InChI=1S/C20H19N3O4/c24-14-10-15(25)12-23(11-14)20(26)17-9-5-4-8-16(17)19-21-18(22-27-19)13-6-2-1-3-7-13/h1-9,14-15,24-25H,10-12H2/t14-,15-/m1/s1. The number of carbonyl (C=O) groups is 1. The highest BCUT2D eigenvalue weighted by atomic mass is 16.5. The molecule has 1 amide bonds. The van der Waals surface area contributed by atoms with E-state index in [2.05, 4.69) is 10.1 Å². The van der Waals surface area contributed by atoms with Gasteiger partial charge in [0.25, 0.3) is 11.8 Å². The number of hydrogen-bond acceptors (Lipinski definition) is 6. The predicted molar refractivity (Wildman–Crippen MR) is 97.7 cm³/mol. The molecule has 27 heavy (non-hydrogen) atoms. The maximum Gasteiger partial charge on any atom is 0.259 e. The number of β-amino-alcohol motifs (C(OH)–C–C–N with tert-alkyl or cyclic N) is 2. The van der Waals surface area contributed by atoms with Gasteiger partial charge >= 0.3 is 0 Å². The molecule has 0 radical (unpaired) electrons. The fourth-order valence-electron chi connectivity index (χ4n) is 3.28. The molecule has 2 heterocycles. The number of aliphatic hydroxyl groups is 2. The summed E-state index contributed by atoms with van der Waals surface area (Å²) in [5, 5.41) is 23.7. The van der Waals surface area contributed by atoms with E-state index < -0.39 is 12.2 Å². The second-order valence-corrected chi connectivity index (χ2v) is 6.59. The molecule has 0 bridgehead atoms. The Morgan fingerprint density at radius 2 is 1.67 bits per heavy atom. The maximum absolute atomic E-state index is 13.0. The van der Waals surface area contributed by atoms with Crippen LogP contribution in [0.1, 0.15) is 16.8 Å². The lowest BCUT2D eigenvalue weighted by Gasteiger charge is -2.33. The number of hydrogen-bond donors (Lipinski definition) is 2. The van der Waals surface area contributed by atoms with Crippen molar-refractivity contribution in [2.24, 2.45) is 0 Å². The summed E-state index contributed by atoms with van der Waals surface area (Å²) < 4.78 is 5.39. The number of rotatable bonds is 3. The number of carbonyl (C=O) groups excluding carboxylic acids is 1. The van der Waals surface area contributed by atoms with Crippen molar-refractivity contribution < 1.29 is 19.5 Å². The van der Waals surface area contributed by atoms with Crippen molar-refractivity contribution in [1.82, 2.24) is 15.0 Å². The number of nitrogens with zero attached hydrogens (tertiary/aromatic N) is 3. The van der Waals surface area contributed by atoms with Gasteiger partial charge in [0, 0.05) is 25.1 Å². The fourth-order valence-corrected chi connectivity index (χ4v) is 3.28. The normalized spacial score (nSPS) is 19.9. The van der Waals surface area contributed by atoms with Gasteiger partial charge in [-0.3, -0.25) is 4.79 Å². The topological polar surface area (TPSA) is 99.7 Å². The van der Waals surface area contributed by atoms with E-state index in [9.17, 15) is 15.0 Å². The van der Waals surface area contributed by atoms with Gasteiger partial charge in [-0.25, -0.2) is 0 Å². The number of amides is 1. The van der Waals surface area contributed by atoms with Gasteiger partial charge in [-0.1, -0.05) is 47.6 Å². The van der Waals surface area contributed by atoms with Crippen LogP contribution in [0, 0.1) is 0 Å². The Labute approximate surface area is 155 Å². The molecule has 7 nitrogen and oxygen atoms in total. The summed E-state index contributed by atoms with van der Waals surface area (Å²) in [5.74, 6) is 0.399. The molecule has 4 rings (SSSR count). The summed E-state index contributed by atoms with van der Waals surface area (Å²) in [4.78, 5) is 18.8. The maximum atomic E-state index is 13.0. The zero-order valence-electron chi connectivity index (χ0n) is 14.5. The van der Waals surface area contributed by atoms with Crippen molar-refractivity contribution in [2.75, 3.05) is 13.1 Å². The minimum Gasteiger partial charge on any atom is -0.391 e. The summed E-state index contributed by atoms with van der Waals surface area (Å²) in [6.45, 7) is 0.368. The molecule has 1 aromatic heterocycles. The van der Waals surface area contributed by atoms with Crippen LogP contribution in [-0.4, -0.2) is 56.5 Å². The summed E-state index contributed by atoms with van der Waals surface area (Å²) in [6, 6.07) is 16.4. The largest absolute Gasteiger partial charge is 0.391 e. The van der Waals surface area contributed by atoms with Crippen LogP contribution < -0.4 is 0 Å². The molecule has 1 aliphatic rings. The third-order valence-electron chi connectivity index (χ3n) is 4.54. The molecule has 1 saturated heterocycles. The summed E-state index contributed by atoms with van der Waals surface area (Å²) in [6.07, 6.45) is -1.20. The highest BCUT2D eigenvalue weighted by Gasteiger charge is 2.30. The molecular weight excluding hydrogens is 346 g/mol. The zero-order chi connectivity index (χ0) is 18.8. The van der Waals surface area contributed by atoms with Crippen LogP contribution in [-0.2, 0) is 0 Å². The van der Waals surface area contributed by atoms with Gasteiger partial charge in [-0.05, 0) is 12.1 Å². The van der Waals surface area contributed by atoms with Gasteiger partial charge in [0.15, 0.2) is 0 Å². The van der Waals surface area contributed by atoms with Gasteiger partial charge < -0.3 is 19.6 Å². The van der Waals surface area contributed by atoms with Crippen LogP contribution in [0.5, 0.6) is 0 Å². The Bertz CT molecular complexity index is 931. The van der Waals surface area contributed by atoms with Gasteiger partial charge in [-0.15, -0.1) is 0 Å². The Kier molecular flexibility index (Phi) is 4.70. The van der Waals surface area contributed by atoms with E-state index in [1.165, 1.54) is 4.90 Å². The first kappa shape index (κ1) is 17.4. The van der Waals surface area contributed by atoms with Crippen molar-refractivity contribution in [3.63, 3.8) is 0 Å². The van der Waals surface area contributed by atoms with E-state index in [1.807, 2.05) is 30.3 Å². The van der Waals surface area contributed by atoms with Crippen molar-refractivity contribution in [3.05, 3.63) is 60.2 Å². The number of likely N-dealkylation sites (tertiary alicyclic amines) is 1. The molecule has 3 aromatic rings. The molecule has 2 aromatic carbocycles. The van der Waals surface area contributed by atoms with Crippen LogP contribution in [0.4, 0.5) is 0 Å². The van der Waals surface area contributed by atoms with Gasteiger partial charge in [0.2, 0.25) is 5.82 Å². The van der Waals surface area contributed by atoms with Crippen LogP contribution in [0.3, 0.4) is 0 Å². The molecule has 2 N–H and O–H groups in total. The molecule has 138 valence electrons. The van der Waals surface area contributed by atoms with Crippen molar-refractivity contribution >= 4 is 5.91 Å². The summed E-state index contributed by atoms with van der Waals surface area (Å²) >= 11 is 0. The smallest absolute Gasteiger partial charge is 0.259 e. The van der Waals surface area contributed by atoms with E-state index in [4.69, 9.17) is 4.52 Å². The van der Waals surface area contributed by atoms with Crippen molar-refractivity contribution in [2.45, 2.75) is 18.6 Å². The molecule has 1 fully saturated rings. The highest BCUT2D eigenvalue weighted by Crippen LogP contribution is 2.27. The molecule has 0 spiro atoms. The predicted octanol–water partition coefficient (Wildman–Crippen LogP) is 1.97. The van der Waals surface area contributed by atoms with Crippen molar-refractivity contribution in [3.8, 4) is 22.8 Å². The SMILES string of the molecule is O=C(c1ccccc1-c1nc(-c2ccccc2)no1)N1C[C@H](O)C[C@@H](O)C1. The third kappa shape index (κ3) is 3.60. The Morgan fingerprint density at radius 3 is 2.41 bits per heavy atom. The molecule has 7 heteroatoms. The average Bonchev–Trinajstić information content (AvgIpc) is 3.17. The minimum atomic E-state index is -0.738. The van der Waals surface area contributed by atoms with Crippen LogP contribution >= 0.6 is 0 Å². The Balaban J connectivity index is 1.66. The summed E-state index contributed by atoms with van der Waals surface area (Å²) in [7, 11) is 0. The quantitative estimate of drug-likeness (QED) is 0.736. The number of aliphatic hydroxyl groups excluding tert-OH is 2. The monoisotopic (exact) mass is 365 g/mol. The van der Waals surface area contributed by atoms with Gasteiger partial charge in [0.05, 0.1) is 23.3 Å². The zero-order valence-corrected chi connectivity index (χ0v) is 14.5. The molecular formula is C20H19N3O4. The van der Waals surface area contributed by atoms with Crippen LogP contribution in [0.25, 0.3) is 22.8 Å². The molecule has 0 saturated carbocycles. The Morgan fingerprint density at radius 1 is 1.00 bits per heavy atom. The van der Waals surface area contributed by atoms with Crippen molar-refractivity contribution in [1.29, 1.82) is 0 Å². The third-order valence-corrected chi connectivity index (χ3v) is 4.54. The second-order valence-electron chi connectivity index (χ2n) is 6.59. The highest BCUT2D eigenvalue weighted by molar-refractivity contribution is 6.00. The first-order valence-corrected chi connectivity index (χ1v) is 8.76. The average molecular weight is 365 g/mol. The lowest BCUT2D eigenvalue weighted by Crippen LogP contribution is -2.48. The summed E-state index contributed by atoms with van der Waals surface area (Å²) in [5.41, 5.74) is 1.73. The molecule has 0 aliphatic carbocycles. The van der Waals surface area contributed by atoms with Gasteiger partial charge in [-0.2, -0.15) is 4.98 Å². The van der Waals surface area contributed by atoms with Gasteiger partial charge in [0.1, 0.15) is 0 Å². The van der Waals surface area contributed by atoms with E-state index in [1.54, 1.807) is 24.3 Å². The van der Waals surface area contributed by atoms with E-state index in [0.29, 0.717) is 17.0 Å². The van der Waals surface area contributed by atoms with E-state index in [0.717, 1.165) is 5.56 Å². The van der Waals surface area contributed by atoms with E-state index >= 15 is 0 Å². The first-order valence-electron chi connectivity index (χ1n) is 8.76. The minimum absolute atomic E-state index is 0.184. The fraction of sp³-hybridized carbons (Fsp3) is 0.250. The number of benzene rings is 2. The molecule has 1 aliphatic heterocycles. The van der Waals surface area contributed by atoms with E-state index in [-0.39, 0.29) is 31.3 Å². The van der Waals surface area contributed by atoms with Crippen LogP contribution in [0.2, 0.25) is 0 Å². The lowest BCUT2D eigenvalue weighted by atomic mass is 10.0. The molecule has 2 atom stereocenters. The molecule has 0 unspecified atom stereocenters. The van der Waals surface area contributed by atoms with Crippen LogP contribution in [0.15, 0.2) is 59.1 Å². The first-order chi connectivity index (χ1) is 13.1. The number of piperidine rings is 1. The number of aromatic nitrogens is 2. The second kappa shape index (κ2) is 7.30. The lowest BCUT2D eigenvalue weighted by molar-refractivity contribution is -0.00382.